The molecular weight excluding hydrogens is 120 g/mol. The summed E-state index contributed by atoms with van der Waals surface area (Å²) in [5, 5.41) is 7.90. The lowest BCUT2D eigenvalue weighted by Crippen LogP contribution is -1.92. The molecule has 0 rings (SSSR count). The zero-order valence-electron chi connectivity index (χ0n) is 5.34. The van der Waals surface area contributed by atoms with Crippen LogP contribution in [0.5, 0.6) is 0 Å². The summed E-state index contributed by atoms with van der Waals surface area (Å²) in [6.45, 7) is 3.69. The van der Waals surface area contributed by atoms with Crippen LogP contribution in [0.3, 0.4) is 0 Å². The number of hydrogen-bond donors (Lipinski definition) is 1. The minimum Gasteiger partial charge on any atom is -0.449 e. The summed E-state index contributed by atoms with van der Waals surface area (Å²) < 4.78 is 3.91. The van der Waals surface area contributed by atoms with E-state index in [1.807, 2.05) is 20.0 Å². The Kier molecular flexibility index (Phi) is 3.29. The van der Waals surface area contributed by atoms with Crippen LogP contribution >= 0.6 is 0 Å². The molecule has 0 amide bonds. The maximum atomic E-state index is 9.66. The van der Waals surface area contributed by atoms with E-state index in [9.17, 15) is 4.79 Å². The Morgan fingerprint density at radius 1 is 1.67 bits per heavy atom. The van der Waals surface area contributed by atoms with Crippen LogP contribution in [0.15, 0.2) is 0 Å². The molecule has 50 valence electrons. The molecule has 0 saturated heterocycles. The minimum absolute atomic E-state index is 0.143. The van der Waals surface area contributed by atoms with Crippen LogP contribution in [-0.2, 0) is 4.74 Å². The molecule has 1 N–H and O–H groups in total. The van der Waals surface area contributed by atoms with E-state index in [0.29, 0.717) is 0 Å². The number of rotatable bonds is 0. The SMILES string of the molecule is CC(C)C#COC(=O)O. The van der Waals surface area contributed by atoms with Crippen LogP contribution < -0.4 is 0 Å². The fourth-order valence-corrected chi connectivity index (χ4v) is 0.191. The van der Waals surface area contributed by atoms with Gasteiger partial charge in [0.25, 0.3) is 0 Å². The van der Waals surface area contributed by atoms with Gasteiger partial charge in [0.05, 0.1) is 0 Å². The van der Waals surface area contributed by atoms with Crippen LogP contribution in [-0.4, -0.2) is 11.3 Å². The van der Waals surface area contributed by atoms with Crippen molar-refractivity contribution in [2.75, 3.05) is 0 Å². The van der Waals surface area contributed by atoms with Crippen LogP contribution in [0, 0.1) is 17.9 Å². The van der Waals surface area contributed by atoms with Crippen LogP contribution in [0.2, 0.25) is 0 Å². The fraction of sp³-hybridized carbons (Fsp3) is 0.500. The minimum atomic E-state index is -1.36. The molecule has 0 aromatic rings. The van der Waals surface area contributed by atoms with Crippen molar-refractivity contribution in [3.8, 4) is 12.0 Å². The first kappa shape index (κ1) is 7.83. The number of ether oxygens (including phenoxy) is 1. The number of hydrogen-bond acceptors (Lipinski definition) is 2. The van der Waals surface area contributed by atoms with Gasteiger partial charge in [-0.1, -0.05) is 19.8 Å². The molecule has 0 saturated carbocycles. The summed E-state index contributed by atoms with van der Waals surface area (Å²) in [6, 6.07) is 0. The summed E-state index contributed by atoms with van der Waals surface area (Å²) in [6.07, 6.45) is 0.677. The molecule has 0 aromatic heterocycles. The van der Waals surface area contributed by atoms with Crippen molar-refractivity contribution in [2.24, 2.45) is 5.92 Å². The van der Waals surface area contributed by atoms with Gasteiger partial charge < -0.3 is 9.84 Å². The lowest BCUT2D eigenvalue weighted by molar-refractivity contribution is 0.134. The molecule has 0 aliphatic heterocycles. The molecule has 0 spiro atoms. The van der Waals surface area contributed by atoms with Gasteiger partial charge >= 0.3 is 6.16 Å². The maximum Gasteiger partial charge on any atom is 0.520 e. The first-order valence-electron chi connectivity index (χ1n) is 2.53. The van der Waals surface area contributed by atoms with Gasteiger partial charge in [-0.05, 0) is 0 Å². The van der Waals surface area contributed by atoms with E-state index in [1.165, 1.54) is 0 Å². The molecule has 0 aliphatic carbocycles. The van der Waals surface area contributed by atoms with Crippen molar-refractivity contribution in [1.82, 2.24) is 0 Å². The van der Waals surface area contributed by atoms with Crippen LogP contribution in [0.25, 0.3) is 0 Å². The molecule has 0 fully saturated rings. The van der Waals surface area contributed by atoms with Crippen LogP contribution in [0.1, 0.15) is 13.8 Å². The summed E-state index contributed by atoms with van der Waals surface area (Å²) in [5.74, 6) is 2.67. The molecule has 0 atom stereocenters. The average Bonchev–Trinajstić information content (AvgIpc) is 1.63. The molecule has 0 aromatic carbocycles. The van der Waals surface area contributed by atoms with E-state index in [1.54, 1.807) is 0 Å². The first-order valence-corrected chi connectivity index (χ1v) is 2.53. The van der Waals surface area contributed by atoms with Gasteiger partial charge in [-0.3, -0.25) is 0 Å². The molecule has 0 aliphatic rings. The average molecular weight is 128 g/mol. The number of carbonyl (C=O) groups is 1. The van der Waals surface area contributed by atoms with E-state index < -0.39 is 6.16 Å². The summed E-state index contributed by atoms with van der Waals surface area (Å²) in [4.78, 5) is 9.66. The van der Waals surface area contributed by atoms with Crippen molar-refractivity contribution in [3.63, 3.8) is 0 Å². The molecule has 3 nitrogen and oxygen atoms in total. The topological polar surface area (TPSA) is 46.5 Å². The van der Waals surface area contributed by atoms with E-state index in [0.717, 1.165) is 0 Å². The lowest BCUT2D eigenvalue weighted by atomic mass is 10.2. The van der Waals surface area contributed by atoms with Crippen molar-refractivity contribution >= 4 is 6.16 Å². The zero-order chi connectivity index (χ0) is 7.28. The highest BCUT2D eigenvalue weighted by molar-refractivity contribution is 5.58. The molecule has 0 bridgehead atoms. The van der Waals surface area contributed by atoms with Crippen molar-refractivity contribution in [2.45, 2.75) is 13.8 Å². The highest BCUT2D eigenvalue weighted by Crippen LogP contribution is 1.85. The zero-order valence-corrected chi connectivity index (χ0v) is 5.34. The molecule has 0 heterocycles. The third-order valence-electron chi connectivity index (χ3n) is 0.486. The Bertz CT molecular complexity index is 149. The Labute approximate surface area is 53.6 Å². The van der Waals surface area contributed by atoms with E-state index >= 15 is 0 Å². The Morgan fingerprint density at radius 3 is 2.56 bits per heavy atom. The van der Waals surface area contributed by atoms with Gasteiger partial charge in [-0.2, -0.15) is 0 Å². The van der Waals surface area contributed by atoms with Crippen molar-refractivity contribution < 1.29 is 14.6 Å². The van der Waals surface area contributed by atoms with Crippen LogP contribution in [0.4, 0.5) is 4.79 Å². The molecule has 3 heteroatoms. The first-order chi connectivity index (χ1) is 4.13. The van der Waals surface area contributed by atoms with Gasteiger partial charge in [0, 0.05) is 5.92 Å². The number of carboxylic acid groups (broad SMARTS) is 1. The van der Waals surface area contributed by atoms with Gasteiger partial charge in [0.2, 0.25) is 0 Å². The molecular formula is C6H8O3. The van der Waals surface area contributed by atoms with Gasteiger partial charge in [0.15, 0.2) is 0 Å². The second kappa shape index (κ2) is 3.79. The Hall–Kier alpha value is -1.17. The van der Waals surface area contributed by atoms with E-state index in [4.69, 9.17) is 5.11 Å². The largest absolute Gasteiger partial charge is 0.520 e. The second-order valence-corrected chi connectivity index (χ2v) is 1.77. The molecule has 0 radical (unpaired) electrons. The third kappa shape index (κ3) is 6.83. The van der Waals surface area contributed by atoms with Crippen molar-refractivity contribution in [3.05, 3.63) is 0 Å². The monoisotopic (exact) mass is 128 g/mol. The van der Waals surface area contributed by atoms with Gasteiger partial charge in [-0.25, -0.2) is 4.79 Å². The molecule has 0 unspecified atom stereocenters. The highest BCUT2D eigenvalue weighted by atomic mass is 16.7. The lowest BCUT2D eigenvalue weighted by Gasteiger charge is -1.85. The third-order valence-corrected chi connectivity index (χ3v) is 0.486. The quantitative estimate of drug-likeness (QED) is 0.395. The summed E-state index contributed by atoms with van der Waals surface area (Å²) >= 11 is 0. The van der Waals surface area contributed by atoms with E-state index in [-0.39, 0.29) is 5.92 Å². The normalized spacial score (nSPS) is 7.89. The highest BCUT2D eigenvalue weighted by Gasteiger charge is 1.88. The predicted molar refractivity (Wildman–Crippen MR) is 31.7 cm³/mol. The maximum absolute atomic E-state index is 9.66. The standard InChI is InChI=1S/C6H8O3/c1-5(2)3-4-9-6(7)8/h5H,1-2H3,(H,7,8). The van der Waals surface area contributed by atoms with E-state index in [2.05, 4.69) is 10.7 Å². The molecule has 9 heavy (non-hydrogen) atoms. The summed E-state index contributed by atoms with van der Waals surface area (Å²) in [7, 11) is 0. The van der Waals surface area contributed by atoms with Gasteiger partial charge in [-0.15, -0.1) is 0 Å². The summed E-state index contributed by atoms with van der Waals surface area (Å²) in [5.41, 5.74) is 0. The fourth-order valence-electron chi connectivity index (χ4n) is 0.191. The van der Waals surface area contributed by atoms with Gasteiger partial charge in [0.1, 0.15) is 6.11 Å². The Morgan fingerprint density at radius 2 is 2.22 bits per heavy atom. The van der Waals surface area contributed by atoms with Crippen molar-refractivity contribution in [1.29, 1.82) is 0 Å². The predicted octanol–water partition coefficient (Wildman–Crippen LogP) is 1.30. The smallest absolute Gasteiger partial charge is 0.449 e. The Balaban J connectivity index is 3.50. The second-order valence-electron chi connectivity index (χ2n) is 1.77.